The maximum absolute atomic E-state index is 12.1. The lowest BCUT2D eigenvalue weighted by molar-refractivity contribution is -0.118. The molecule has 0 aliphatic carbocycles. The molecule has 116 valence electrons. The van der Waals surface area contributed by atoms with Crippen LogP contribution in [0.3, 0.4) is 0 Å². The zero-order valence-corrected chi connectivity index (χ0v) is 13.2. The van der Waals surface area contributed by atoms with Gasteiger partial charge >= 0.3 is 0 Å². The Hall–Kier alpha value is -2.04. The van der Waals surface area contributed by atoms with E-state index in [-0.39, 0.29) is 12.5 Å². The van der Waals surface area contributed by atoms with Gasteiger partial charge in [-0.25, -0.2) is 0 Å². The van der Waals surface area contributed by atoms with E-state index in [2.05, 4.69) is 5.32 Å². The lowest BCUT2D eigenvalue weighted by atomic mass is 10.0. The zero-order valence-electron chi connectivity index (χ0n) is 12.5. The van der Waals surface area contributed by atoms with Gasteiger partial charge in [0.1, 0.15) is 11.4 Å². The van der Waals surface area contributed by atoms with E-state index in [0.29, 0.717) is 16.4 Å². The number of carbonyl (C=O) groups is 1. The molecule has 1 unspecified atom stereocenters. The summed E-state index contributed by atoms with van der Waals surface area (Å²) in [5, 5.41) is 13.6. The Labute approximate surface area is 134 Å². The van der Waals surface area contributed by atoms with Crippen LogP contribution in [0, 0.1) is 0 Å². The Kier molecular flexibility index (Phi) is 5.06. The van der Waals surface area contributed by atoms with Crippen LogP contribution in [-0.4, -0.2) is 17.6 Å². The standard InChI is InChI=1S/C17H18ClNO3/c1-12(10-13-5-7-14(18)8-6-13)16(20)19-11-17(2,21)15-4-3-9-22-15/h3-10,21H,11H2,1-2H3,(H,19,20)/b12-10-. The lowest BCUT2D eigenvalue weighted by Gasteiger charge is -2.21. The number of hydrogen-bond donors (Lipinski definition) is 2. The van der Waals surface area contributed by atoms with E-state index in [0.717, 1.165) is 5.56 Å². The van der Waals surface area contributed by atoms with Crippen LogP contribution in [0.2, 0.25) is 5.02 Å². The third-order valence-corrected chi connectivity index (χ3v) is 3.51. The molecule has 2 rings (SSSR count). The van der Waals surface area contributed by atoms with Crippen LogP contribution in [0.4, 0.5) is 0 Å². The highest BCUT2D eigenvalue weighted by Gasteiger charge is 2.26. The van der Waals surface area contributed by atoms with Gasteiger partial charge in [-0.3, -0.25) is 4.79 Å². The molecule has 0 spiro atoms. The number of furan rings is 1. The minimum atomic E-state index is -1.25. The van der Waals surface area contributed by atoms with E-state index in [1.54, 1.807) is 44.2 Å². The summed E-state index contributed by atoms with van der Waals surface area (Å²) in [6.07, 6.45) is 3.24. The molecular weight excluding hydrogens is 302 g/mol. The van der Waals surface area contributed by atoms with Gasteiger partial charge in [0.15, 0.2) is 0 Å². The number of carbonyl (C=O) groups excluding carboxylic acids is 1. The molecule has 0 bridgehead atoms. The van der Waals surface area contributed by atoms with E-state index in [1.165, 1.54) is 6.26 Å². The topological polar surface area (TPSA) is 62.5 Å². The van der Waals surface area contributed by atoms with Gasteiger partial charge < -0.3 is 14.8 Å². The molecule has 0 saturated heterocycles. The molecule has 0 aliphatic heterocycles. The number of nitrogens with one attached hydrogen (secondary N) is 1. The molecule has 1 amide bonds. The van der Waals surface area contributed by atoms with Crippen LogP contribution in [0.15, 0.2) is 52.7 Å². The maximum atomic E-state index is 12.1. The van der Waals surface area contributed by atoms with E-state index in [4.69, 9.17) is 16.0 Å². The van der Waals surface area contributed by atoms with Gasteiger partial charge in [0.2, 0.25) is 5.91 Å². The minimum Gasteiger partial charge on any atom is -0.466 e. The van der Waals surface area contributed by atoms with E-state index < -0.39 is 5.60 Å². The monoisotopic (exact) mass is 319 g/mol. The van der Waals surface area contributed by atoms with Crippen molar-refractivity contribution in [3.8, 4) is 0 Å². The smallest absolute Gasteiger partial charge is 0.247 e. The predicted molar refractivity (Wildman–Crippen MR) is 86.4 cm³/mol. The highest BCUT2D eigenvalue weighted by Crippen LogP contribution is 2.20. The van der Waals surface area contributed by atoms with E-state index in [1.807, 2.05) is 12.1 Å². The molecule has 2 aromatic rings. The average molecular weight is 320 g/mol. The van der Waals surface area contributed by atoms with Crippen LogP contribution < -0.4 is 5.32 Å². The number of aliphatic hydroxyl groups is 1. The van der Waals surface area contributed by atoms with Gasteiger partial charge in [-0.2, -0.15) is 0 Å². The van der Waals surface area contributed by atoms with Crippen molar-refractivity contribution >= 4 is 23.6 Å². The van der Waals surface area contributed by atoms with E-state index >= 15 is 0 Å². The summed E-state index contributed by atoms with van der Waals surface area (Å²) in [4.78, 5) is 12.1. The molecule has 4 nitrogen and oxygen atoms in total. The molecule has 2 N–H and O–H groups in total. The first kappa shape index (κ1) is 16.3. The largest absolute Gasteiger partial charge is 0.466 e. The van der Waals surface area contributed by atoms with Crippen molar-refractivity contribution in [2.75, 3.05) is 6.54 Å². The summed E-state index contributed by atoms with van der Waals surface area (Å²) in [5.41, 5.74) is 0.173. The number of benzene rings is 1. The van der Waals surface area contributed by atoms with Crippen molar-refractivity contribution in [3.63, 3.8) is 0 Å². The zero-order chi connectivity index (χ0) is 16.2. The number of amides is 1. The van der Waals surface area contributed by atoms with Gasteiger partial charge in [-0.15, -0.1) is 0 Å². The first-order chi connectivity index (χ1) is 10.4. The van der Waals surface area contributed by atoms with Gasteiger partial charge in [0.25, 0.3) is 0 Å². The van der Waals surface area contributed by atoms with Crippen molar-refractivity contribution in [2.24, 2.45) is 0 Å². The highest BCUT2D eigenvalue weighted by molar-refractivity contribution is 6.30. The fourth-order valence-corrected chi connectivity index (χ4v) is 2.06. The van der Waals surface area contributed by atoms with Crippen molar-refractivity contribution in [1.82, 2.24) is 5.32 Å². The normalized spacial score (nSPS) is 14.5. The first-order valence-corrected chi connectivity index (χ1v) is 7.25. The van der Waals surface area contributed by atoms with Crippen molar-refractivity contribution < 1.29 is 14.3 Å². The molecule has 1 aromatic carbocycles. The molecule has 5 heteroatoms. The third-order valence-electron chi connectivity index (χ3n) is 3.26. The Morgan fingerprint density at radius 2 is 2.05 bits per heavy atom. The predicted octanol–water partition coefficient (Wildman–Crippen LogP) is 3.36. The van der Waals surface area contributed by atoms with Crippen LogP contribution in [0.1, 0.15) is 25.2 Å². The van der Waals surface area contributed by atoms with Gasteiger partial charge in [0.05, 0.1) is 12.8 Å². The molecule has 1 heterocycles. The summed E-state index contributed by atoms with van der Waals surface area (Å²) in [5.74, 6) is 0.161. The second-order valence-corrected chi connectivity index (χ2v) is 5.75. The second kappa shape index (κ2) is 6.81. The van der Waals surface area contributed by atoms with Crippen molar-refractivity contribution in [1.29, 1.82) is 0 Å². The fraction of sp³-hybridized carbons (Fsp3) is 0.235. The maximum Gasteiger partial charge on any atom is 0.247 e. The van der Waals surface area contributed by atoms with Crippen molar-refractivity contribution in [3.05, 3.63) is 64.6 Å². The highest BCUT2D eigenvalue weighted by atomic mass is 35.5. The SMILES string of the molecule is C/C(=C/c1ccc(Cl)cc1)C(=O)NCC(C)(O)c1ccco1. The molecule has 0 aliphatic rings. The summed E-state index contributed by atoms with van der Waals surface area (Å²) >= 11 is 5.82. The number of halogens is 1. The molecule has 0 fully saturated rings. The summed E-state index contributed by atoms with van der Waals surface area (Å²) in [6, 6.07) is 10.6. The number of hydrogen-bond acceptors (Lipinski definition) is 3. The van der Waals surface area contributed by atoms with Crippen LogP contribution >= 0.6 is 11.6 Å². The Morgan fingerprint density at radius 1 is 1.36 bits per heavy atom. The second-order valence-electron chi connectivity index (χ2n) is 5.31. The van der Waals surface area contributed by atoms with Crippen molar-refractivity contribution in [2.45, 2.75) is 19.4 Å². The van der Waals surface area contributed by atoms with Crippen LogP contribution in [0.5, 0.6) is 0 Å². The van der Waals surface area contributed by atoms with Crippen LogP contribution in [-0.2, 0) is 10.4 Å². The third kappa shape index (κ3) is 4.23. The molecule has 0 saturated carbocycles. The molecule has 1 aromatic heterocycles. The Morgan fingerprint density at radius 3 is 2.64 bits per heavy atom. The lowest BCUT2D eigenvalue weighted by Crippen LogP contribution is -2.38. The minimum absolute atomic E-state index is 0.0607. The quantitative estimate of drug-likeness (QED) is 0.831. The van der Waals surface area contributed by atoms with Gasteiger partial charge in [-0.05, 0) is 49.8 Å². The summed E-state index contributed by atoms with van der Waals surface area (Å²) in [7, 11) is 0. The summed E-state index contributed by atoms with van der Waals surface area (Å²) in [6.45, 7) is 3.36. The Bertz CT molecular complexity index is 658. The van der Waals surface area contributed by atoms with Gasteiger partial charge in [-0.1, -0.05) is 23.7 Å². The molecule has 1 atom stereocenters. The first-order valence-electron chi connectivity index (χ1n) is 6.87. The van der Waals surface area contributed by atoms with Gasteiger partial charge in [0, 0.05) is 10.6 Å². The Balaban J connectivity index is 1.98. The van der Waals surface area contributed by atoms with Crippen LogP contribution in [0.25, 0.3) is 6.08 Å². The number of rotatable bonds is 5. The van der Waals surface area contributed by atoms with E-state index in [9.17, 15) is 9.90 Å². The average Bonchev–Trinajstić information content (AvgIpc) is 3.02. The summed E-state index contributed by atoms with van der Waals surface area (Å²) < 4.78 is 5.17. The molecule has 0 radical (unpaired) electrons. The fourth-order valence-electron chi connectivity index (χ4n) is 1.94. The molecular formula is C17H18ClNO3. The molecule has 22 heavy (non-hydrogen) atoms.